The van der Waals surface area contributed by atoms with Crippen molar-refractivity contribution in [1.29, 1.82) is 0 Å². The molecule has 1 aromatic carbocycles. The summed E-state index contributed by atoms with van der Waals surface area (Å²) in [5.41, 5.74) is 0.357. The van der Waals surface area contributed by atoms with Gasteiger partial charge in [0.2, 0.25) is 0 Å². The second kappa shape index (κ2) is 5.30. The number of anilines is 1. The molecule has 0 fully saturated rings. The van der Waals surface area contributed by atoms with Crippen LogP contribution in [0.1, 0.15) is 24.2 Å². The van der Waals surface area contributed by atoms with Gasteiger partial charge in [0.1, 0.15) is 0 Å². The Morgan fingerprint density at radius 3 is 2.44 bits per heavy atom. The molecule has 0 aliphatic carbocycles. The van der Waals surface area contributed by atoms with Crippen molar-refractivity contribution in [3.8, 4) is 0 Å². The largest absolute Gasteiger partial charge is 0.478 e. The smallest absolute Gasteiger partial charge is 0.336 e. The monoisotopic (exact) mass is 289 g/mol. The molecule has 1 aromatic rings. The predicted molar refractivity (Wildman–Crippen MR) is 64.6 cm³/mol. The molecule has 0 radical (unpaired) electrons. The fourth-order valence-corrected chi connectivity index (χ4v) is 2.02. The zero-order valence-corrected chi connectivity index (χ0v) is 10.7. The summed E-state index contributed by atoms with van der Waals surface area (Å²) in [5, 5.41) is 8.82. The maximum atomic E-state index is 13.9. The summed E-state index contributed by atoms with van der Waals surface area (Å²) in [7, 11) is 0. The third kappa shape index (κ3) is 2.35. The van der Waals surface area contributed by atoms with Crippen LogP contribution in [0.5, 0.6) is 0 Å². The van der Waals surface area contributed by atoms with E-state index in [4.69, 9.17) is 5.11 Å². The Hall–Kier alpha value is -1.10. The molecule has 0 aliphatic heterocycles. The van der Waals surface area contributed by atoms with Crippen LogP contribution in [0.4, 0.5) is 10.1 Å². The van der Waals surface area contributed by atoms with E-state index >= 15 is 0 Å². The van der Waals surface area contributed by atoms with Crippen molar-refractivity contribution in [3.05, 3.63) is 28.0 Å². The van der Waals surface area contributed by atoms with Crippen LogP contribution in [0.25, 0.3) is 0 Å². The number of hydrogen-bond acceptors (Lipinski definition) is 2. The molecule has 0 aromatic heterocycles. The third-order valence-electron chi connectivity index (χ3n) is 2.40. The molecule has 1 N–H and O–H groups in total. The van der Waals surface area contributed by atoms with E-state index in [1.165, 1.54) is 12.1 Å². The molecule has 0 amide bonds. The molecule has 0 heterocycles. The van der Waals surface area contributed by atoms with Gasteiger partial charge in [0, 0.05) is 13.1 Å². The maximum Gasteiger partial charge on any atom is 0.336 e. The van der Waals surface area contributed by atoms with E-state index in [0.29, 0.717) is 18.8 Å². The van der Waals surface area contributed by atoms with Gasteiger partial charge in [-0.2, -0.15) is 0 Å². The molecule has 1 rings (SSSR count). The topological polar surface area (TPSA) is 40.5 Å². The van der Waals surface area contributed by atoms with Gasteiger partial charge in [0.25, 0.3) is 0 Å². The predicted octanol–water partition coefficient (Wildman–Crippen LogP) is 3.13. The average molecular weight is 290 g/mol. The minimum Gasteiger partial charge on any atom is -0.478 e. The second-order valence-electron chi connectivity index (χ2n) is 3.24. The fourth-order valence-electron chi connectivity index (χ4n) is 1.51. The van der Waals surface area contributed by atoms with Crippen LogP contribution >= 0.6 is 15.9 Å². The molecular formula is C11H13BrFNO2. The Kier molecular flexibility index (Phi) is 4.29. The van der Waals surface area contributed by atoms with Crippen LogP contribution in [0.2, 0.25) is 0 Å². The van der Waals surface area contributed by atoms with Gasteiger partial charge < -0.3 is 10.0 Å². The summed E-state index contributed by atoms with van der Waals surface area (Å²) in [6.45, 7) is 5.18. The Bertz CT molecular complexity index is 405. The molecular weight excluding hydrogens is 277 g/mol. The summed E-state index contributed by atoms with van der Waals surface area (Å²) in [4.78, 5) is 12.6. The lowest BCUT2D eigenvalue weighted by molar-refractivity contribution is 0.0695. The van der Waals surface area contributed by atoms with Crippen LogP contribution in [-0.4, -0.2) is 24.2 Å². The summed E-state index contributed by atoms with van der Waals surface area (Å²) in [5.74, 6) is -1.67. The number of aromatic carboxylic acids is 1. The van der Waals surface area contributed by atoms with Gasteiger partial charge in [-0.05, 0) is 41.9 Å². The quantitative estimate of drug-likeness (QED) is 0.926. The normalized spacial score (nSPS) is 10.2. The van der Waals surface area contributed by atoms with Gasteiger partial charge in [-0.15, -0.1) is 0 Å². The van der Waals surface area contributed by atoms with E-state index in [1.807, 2.05) is 18.7 Å². The fraction of sp³-hybridized carbons (Fsp3) is 0.364. The molecule has 0 bridgehead atoms. The van der Waals surface area contributed by atoms with Crippen LogP contribution < -0.4 is 4.90 Å². The highest BCUT2D eigenvalue weighted by Crippen LogP contribution is 2.29. The van der Waals surface area contributed by atoms with Gasteiger partial charge in [-0.1, -0.05) is 0 Å². The zero-order chi connectivity index (χ0) is 12.3. The van der Waals surface area contributed by atoms with Gasteiger partial charge >= 0.3 is 5.97 Å². The van der Waals surface area contributed by atoms with Crippen LogP contribution in [0, 0.1) is 5.82 Å². The number of halogens is 2. The summed E-state index contributed by atoms with van der Waals surface area (Å²) < 4.78 is 13.9. The number of hydrogen-bond donors (Lipinski definition) is 1. The first-order valence-electron chi connectivity index (χ1n) is 4.99. The molecule has 0 unspecified atom stereocenters. The van der Waals surface area contributed by atoms with Crippen molar-refractivity contribution in [2.24, 2.45) is 0 Å². The highest BCUT2D eigenvalue weighted by atomic mass is 79.9. The van der Waals surface area contributed by atoms with E-state index in [0.717, 1.165) is 0 Å². The molecule has 16 heavy (non-hydrogen) atoms. The first-order chi connectivity index (χ1) is 7.52. The number of carboxylic acid groups (broad SMARTS) is 1. The van der Waals surface area contributed by atoms with Gasteiger partial charge in [-0.3, -0.25) is 0 Å². The lowest BCUT2D eigenvalue weighted by atomic mass is 10.2. The molecule has 0 aliphatic rings. The molecule has 3 nitrogen and oxygen atoms in total. The number of carboxylic acids is 1. The standard InChI is InChI=1S/C11H13BrFNO2/c1-3-14(4-2)8-6-5-7(11(15)16)9(12)10(8)13/h5-6H,3-4H2,1-2H3,(H,15,16). The Morgan fingerprint density at radius 1 is 1.44 bits per heavy atom. The third-order valence-corrected chi connectivity index (χ3v) is 3.17. The van der Waals surface area contributed by atoms with E-state index < -0.39 is 11.8 Å². The highest BCUT2D eigenvalue weighted by Gasteiger charge is 2.17. The molecule has 0 atom stereocenters. The molecule has 0 saturated carbocycles. The summed E-state index contributed by atoms with van der Waals surface area (Å²) in [6.07, 6.45) is 0. The number of nitrogens with zero attached hydrogens (tertiary/aromatic N) is 1. The van der Waals surface area contributed by atoms with Gasteiger partial charge in [0.05, 0.1) is 15.7 Å². The SMILES string of the molecule is CCN(CC)c1ccc(C(=O)O)c(Br)c1F. The van der Waals surface area contributed by atoms with Crippen molar-refractivity contribution >= 4 is 27.6 Å². The minimum atomic E-state index is -1.14. The van der Waals surface area contributed by atoms with Crippen molar-refractivity contribution in [1.82, 2.24) is 0 Å². The average Bonchev–Trinajstić information content (AvgIpc) is 2.25. The van der Waals surface area contributed by atoms with Gasteiger partial charge in [-0.25, -0.2) is 9.18 Å². The summed E-state index contributed by atoms with van der Waals surface area (Å²) >= 11 is 2.98. The Labute approximate surface area is 102 Å². The lowest BCUT2D eigenvalue weighted by Gasteiger charge is -2.22. The van der Waals surface area contributed by atoms with E-state index in [2.05, 4.69) is 15.9 Å². The van der Waals surface area contributed by atoms with Crippen LogP contribution in [0.15, 0.2) is 16.6 Å². The first kappa shape index (κ1) is 13.0. The van der Waals surface area contributed by atoms with Crippen molar-refractivity contribution in [2.45, 2.75) is 13.8 Å². The molecule has 0 spiro atoms. The molecule has 0 saturated heterocycles. The molecule has 88 valence electrons. The van der Waals surface area contributed by atoms with E-state index in [-0.39, 0.29) is 10.0 Å². The number of carbonyl (C=O) groups is 1. The Balaban J connectivity index is 3.26. The van der Waals surface area contributed by atoms with E-state index in [9.17, 15) is 9.18 Å². The van der Waals surface area contributed by atoms with Crippen LogP contribution in [0.3, 0.4) is 0 Å². The van der Waals surface area contributed by atoms with Crippen molar-refractivity contribution in [2.75, 3.05) is 18.0 Å². The highest BCUT2D eigenvalue weighted by molar-refractivity contribution is 9.10. The lowest BCUT2D eigenvalue weighted by Crippen LogP contribution is -2.23. The second-order valence-corrected chi connectivity index (χ2v) is 4.03. The first-order valence-corrected chi connectivity index (χ1v) is 5.78. The van der Waals surface area contributed by atoms with Crippen molar-refractivity contribution < 1.29 is 14.3 Å². The Morgan fingerprint density at radius 2 is 2.00 bits per heavy atom. The zero-order valence-electron chi connectivity index (χ0n) is 9.13. The number of benzene rings is 1. The van der Waals surface area contributed by atoms with Crippen molar-refractivity contribution in [3.63, 3.8) is 0 Å². The summed E-state index contributed by atoms with van der Waals surface area (Å²) in [6, 6.07) is 2.90. The van der Waals surface area contributed by atoms with Crippen LogP contribution in [-0.2, 0) is 0 Å². The maximum absolute atomic E-state index is 13.9. The minimum absolute atomic E-state index is 0.00407. The molecule has 5 heteroatoms. The number of rotatable bonds is 4. The van der Waals surface area contributed by atoms with E-state index in [1.54, 1.807) is 0 Å². The van der Waals surface area contributed by atoms with Gasteiger partial charge in [0.15, 0.2) is 5.82 Å².